The summed E-state index contributed by atoms with van der Waals surface area (Å²) in [7, 11) is 0. The molecule has 1 heterocycles. The van der Waals surface area contributed by atoms with Gasteiger partial charge in [0.2, 0.25) is 0 Å². The number of hydrogen-bond donors (Lipinski definition) is 1. The Hall–Kier alpha value is -1.94. The van der Waals surface area contributed by atoms with Crippen molar-refractivity contribution < 1.29 is 14.3 Å². The minimum absolute atomic E-state index is 0.0602. The number of halogens is 2. The van der Waals surface area contributed by atoms with Crippen molar-refractivity contribution in [2.45, 2.75) is 12.3 Å². The highest BCUT2D eigenvalue weighted by Crippen LogP contribution is 2.23. The zero-order valence-corrected chi connectivity index (χ0v) is 10.6. The molecule has 0 aliphatic carbocycles. The van der Waals surface area contributed by atoms with E-state index in [0.717, 1.165) is 5.56 Å². The number of rotatable bonds is 4. The van der Waals surface area contributed by atoms with Crippen molar-refractivity contribution >= 4 is 17.6 Å². The molecule has 98 valence electrons. The van der Waals surface area contributed by atoms with Crippen molar-refractivity contribution in [2.24, 2.45) is 0 Å². The lowest BCUT2D eigenvalue weighted by Gasteiger charge is -2.12. The van der Waals surface area contributed by atoms with E-state index in [1.165, 1.54) is 18.3 Å². The van der Waals surface area contributed by atoms with Crippen LogP contribution in [0.1, 0.15) is 17.2 Å². The third-order valence-electron chi connectivity index (χ3n) is 2.74. The van der Waals surface area contributed by atoms with Gasteiger partial charge in [-0.05, 0) is 36.2 Å². The molecule has 1 aromatic heterocycles. The highest BCUT2D eigenvalue weighted by Gasteiger charge is 2.24. The molecule has 19 heavy (non-hydrogen) atoms. The molecule has 0 saturated heterocycles. The second kappa shape index (κ2) is 5.80. The fourth-order valence-corrected chi connectivity index (χ4v) is 2.07. The minimum Gasteiger partial charge on any atom is -0.481 e. The van der Waals surface area contributed by atoms with Gasteiger partial charge in [-0.3, -0.25) is 9.78 Å². The molecular formula is C14H11ClFNO2. The fourth-order valence-electron chi connectivity index (χ4n) is 1.85. The summed E-state index contributed by atoms with van der Waals surface area (Å²) >= 11 is 5.85. The van der Waals surface area contributed by atoms with Gasteiger partial charge in [-0.25, -0.2) is 4.39 Å². The van der Waals surface area contributed by atoms with Crippen molar-refractivity contribution in [3.05, 3.63) is 64.7 Å². The van der Waals surface area contributed by atoms with Crippen LogP contribution in [-0.4, -0.2) is 16.1 Å². The molecule has 0 saturated carbocycles. The van der Waals surface area contributed by atoms with E-state index in [1.807, 2.05) is 0 Å². The van der Waals surface area contributed by atoms with Crippen LogP contribution in [0.15, 0.2) is 42.6 Å². The molecule has 1 unspecified atom stereocenters. The Morgan fingerprint density at radius 1 is 1.37 bits per heavy atom. The van der Waals surface area contributed by atoms with Gasteiger partial charge in [-0.2, -0.15) is 0 Å². The Balaban J connectivity index is 2.32. The second-order valence-corrected chi connectivity index (χ2v) is 4.53. The number of aromatic nitrogens is 1. The lowest BCUT2D eigenvalue weighted by Crippen LogP contribution is -2.17. The van der Waals surface area contributed by atoms with Crippen molar-refractivity contribution in [1.29, 1.82) is 0 Å². The van der Waals surface area contributed by atoms with Gasteiger partial charge in [-0.15, -0.1) is 0 Å². The number of carboxylic acid groups (broad SMARTS) is 1. The molecule has 2 rings (SSSR count). The van der Waals surface area contributed by atoms with Gasteiger partial charge in [0.05, 0.1) is 5.69 Å². The normalized spacial score (nSPS) is 12.1. The van der Waals surface area contributed by atoms with Crippen LogP contribution in [0.5, 0.6) is 0 Å². The van der Waals surface area contributed by atoms with E-state index in [9.17, 15) is 14.3 Å². The molecule has 2 aromatic rings. The number of benzene rings is 1. The summed E-state index contributed by atoms with van der Waals surface area (Å²) in [5, 5.41) is 9.76. The van der Waals surface area contributed by atoms with Crippen LogP contribution in [0.4, 0.5) is 4.39 Å². The number of carbonyl (C=O) groups is 1. The van der Waals surface area contributed by atoms with Gasteiger partial charge in [0.1, 0.15) is 11.7 Å². The summed E-state index contributed by atoms with van der Waals surface area (Å²) in [5.41, 5.74) is 0.667. The van der Waals surface area contributed by atoms with E-state index in [-0.39, 0.29) is 12.1 Å². The molecule has 0 bridgehead atoms. The van der Waals surface area contributed by atoms with Crippen LogP contribution in [0, 0.1) is 5.82 Å². The van der Waals surface area contributed by atoms with E-state index in [1.54, 1.807) is 24.3 Å². The maximum atomic E-state index is 13.6. The lowest BCUT2D eigenvalue weighted by molar-refractivity contribution is -0.138. The standard InChI is InChI=1S/C14H11ClFNO2/c15-10-4-1-3-9(7-10)8-11(14(18)19)13-12(16)5-2-6-17-13/h1-7,11H,8H2,(H,18,19). The quantitative estimate of drug-likeness (QED) is 0.934. The molecule has 0 aliphatic heterocycles. The number of aliphatic carboxylic acids is 1. The molecular weight excluding hydrogens is 269 g/mol. The van der Waals surface area contributed by atoms with Gasteiger partial charge in [0.15, 0.2) is 0 Å². The van der Waals surface area contributed by atoms with Crippen molar-refractivity contribution in [1.82, 2.24) is 4.98 Å². The Morgan fingerprint density at radius 3 is 2.79 bits per heavy atom. The highest BCUT2D eigenvalue weighted by atomic mass is 35.5. The van der Waals surface area contributed by atoms with Crippen LogP contribution < -0.4 is 0 Å². The monoisotopic (exact) mass is 279 g/mol. The summed E-state index contributed by atoms with van der Waals surface area (Å²) < 4.78 is 13.6. The van der Waals surface area contributed by atoms with E-state index in [4.69, 9.17) is 11.6 Å². The largest absolute Gasteiger partial charge is 0.481 e. The molecule has 0 spiro atoms. The zero-order chi connectivity index (χ0) is 13.8. The van der Waals surface area contributed by atoms with Crippen LogP contribution in [-0.2, 0) is 11.2 Å². The van der Waals surface area contributed by atoms with Crippen LogP contribution in [0.2, 0.25) is 5.02 Å². The van der Waals surface area contributed by atoms with Gasteiger partial charge in [0, 0.05) is 11.2 Å². The molecule has 1 aromatic carbocycles. The number of nitrogens with zero attached hydrogens (tertiary/aromatic N) is 1. The zero-order valence-electron chi connectivity index (χ0n) is 9.88. The van der Waals surface area contributed by atoms with Crippen molar-refractivity contribution in [3.8, 4) is 0 Å². The van der Waals surface area contributed by atoms with E-state index >= 15 is 0 Å². The number of pyridine rings is 1. The summed E-state index contributed by atoms with van der Waals surface area (Å²) in [4.78, 5) is 15.1. The summed E-state index contributed by atoms with van der Waals surface area (Å²) in [6.07, 6.45) is 1.52. The fraction of sp³-hybridized carbons (Fsp3) is 0.143. The topological polar surface area (TPSA) is 50.2 Å². The third kappa shape index (κ3) is 3.29. The Bertz CT molecular complexity index is 604. The Labute approximate surface area is 114 Å². The van der Waals surface area contributed by atoms with E-state index in [2.05, 4.69) is 4.98 Å². The summed E-state index contributed by atoms with van der Waals surface area (Å²) in [6.45, 7) is 0. The summed E-state index contributed by atoms with van der Waals surface area (Å²) in [6, 6.07) is 9.47. The molecule has 1 atom stereocenters. The predicted octanol–water partition coefficient (Wildman–Crippen LogP) is 3.29. The first-order chi connectivity index (χ1) is 9.08. The summed E-state index contributed by atoms with van der Waals surface area (Å²) in [5.74, 6) is -2.76. The Morgan fingerprint density at radius 2 is 2.16 bits per heavy atom. The molecule has 0 aliphatic rings. The molecule has 1 N–H and O–H groups in total. The van der Waals surface area contributed by atoms with Gasteiger partial charge in [-0.1, -0.05) is 23.7 Å². The molecule has 0 radical (unpaired) electrons. The molecule has 5 heteroatoms. The van der Waals surface area contributed by atoms with Gasteiger partial charge in [0.25, 0.3) is 0 Å². The van der Waals surface area contributed by atoms with Gasteiger partial charge >= 0.3 is 5.97 Å². The number of hydrogen-bond acceptors (Lipinski definition) is 2. The van der Waals surface area contributed by atoms with Crippen molar-refractivity contribution in [3.63, 3.8) is 0 Å². The average molecular weight is 280 g/mol. The first kappa shape index (κ1) is 13.5. The first-order valence-corrected chi connectivity index (χ1v) is 6.03. The van der Waals surface area contributed by atoms with Crippen LogP contribution in [0.25, 0.3) is 0 Å². The third-order valence-corrected chi connectivity index (χ3v) is 2.98. The molecule has 0 fully saturated rings. The van der Waals surface area contributed by atoms with E-state index < -0.39 is 17.7 Å². The smallest absolute Gasteiger partial charge is 0.313 e. The Kier molecular flexibility index (Phi) is 4.12. The second-order valence-electron chi connectivity index (χ2n) is 4.10. The van der Waals surface area contributed by atoms with Gasteiger partial charge < -0.3 is 5.11 Å². The first-order valence-electron chi connectivity index (χ1n) is 5.65. The molecule has 0 amide bonds. The lowest BCUT2D eigenvalue weighted by atomic mass is 9.95. The maximum absolute atomic E-state index is 13.6. The predicted molar refractivity (Wildman–Crippen MR) is 69.7 cm³/mol. The van der Waals surface area contributed by atoms with Crippen molar-refractivity contribution in [2.75, 3.05) is 0 Å². The molecule has 3 nitrogen and oxygen atoms in total. The SMILES string of the molecule is O=C(O)C(Cc1cccc(Cl)c1)c1ncccc1F. The van der Waals surface area contributed by atoms with Crippen LogP contribution >= 0.6 is 11.6 Å². The van der Waals surface area contributed by atoms with Crippen LogP contribution in [0.3, 0.4) is 0 Å². The average Bonchev–Trinajstić information content (AvgIpc) is 2.37. The highest BCUT2D eigenvalue weighted by molar-refractivity contribution is 6.30. The maximum Gasteiger partial charge on any atom is 0.313 e. The van der Waals surface area contributed by atoms with E-state index in [0.29, 0.717) is 5.02 Å². The minimum atomic E-state index is -1.11. The number of carboxylic acids is 1.